The number of anilines is 1. The maximum Gasteiger partial charge on any atom is 0.255 e. The number of rotatable bonds is 5. The first kappa shape index (κ1) is 16.6. The third-order valence-electron chi connectivity index (χ3n) is 3.45. The highest BCUT2D eigenvalue weighted by molar-refractivity contribution is 6.04. The van der Waals surface area contributed by atoms with E-state index in [4.69, 9.17) is 13.2 Å². The topological polar surface area (TPSA) is 77.2 Å². The number of pyridine rings is 1. The van der Waals surface area contributed by atoms with Crippen molar-refractivity contribution in [3.8, 4) is 11.6 Å². The molecule has 0 spiro atoms. The molecule has 0 radical (unpaired) electrons. The van der Waals surface area contributed by atoms with E-state index in [1.54, 1.807) is 49.4 Å². The Kier molecular flexibility index (Phi) is 5.73. The molecule has 3 N–H and O–H groups in total. The Labute approximate surface area is 161 Å². The number of aryl methyl sites for hydroxylation is 1. The minimum atomic E-state index is -2.00. The van der Waals surface area contributed by atoms with Gasteiger partial charge in [0.2, 0.25) is 5.88 Å². The number of nitrogens with zero attached hydrogens (tertiary/aromatic N) is 1. The molecule has 3 rings (SSSR count). The normalized spacial score (nSPS) is 11.6. The van der Waals surface area contributed by atoms with E-state index in [-0.39, 0.29) is 29.8 Å². The molecule has 2 aromatic carbocycles. The zero-order valence-electron chi connectivity index (χ0n) is 16.1. The first-order valence-corrected chi connectivity index (χ1v) is 7.74. The average Bonchev–Trinajstić information content (AvgIpc) is 2.61. The van der Waals surface area contributed by atoms with Gasteiger partial charge in [0.1, 0.15) is 5.75 Å². The van der Waals surface area contributed by atoms with E-state index in [1.165, 1.54) is 6.07 Å². The van der Waals surface area contributed by atoms with Crippen molar-refractivity contribution in [3.63, 3.8) is 0 Å². The zero-order chi connectivity index (χ0) is 19.4. The highest BCUT2D eigenvalue weighted by atomic mass is 35.5. The summed E-state index contributed by atoms with van der Waals surface area (Å²) in [6.07, 6.45) is 0. The summed E-state index contributed by atoms with van der Waals surface area (Å²) in [7, 11) is 0. The van der Waals surface area contributed by atoms with E-state index in [0.29, 0.717) is 22.7 Å². The SMILES string of the molecule is Cl.[2H]C([2H])(N)c1cc(C)nc(Oc2cccc(C(=O)Nc3ccccc3)c2)c1. The lowest BCUT2D eigenvalue weighted by atomic mass is 10.2. The molecule has 5 nitrogen and oxygen atoms in total. The number of hydrogen-bond donors (Lipinski definition) is 2. The number of para-hydroxylation sites is 1. The molecule has 0 aliphatic heterocycles. The predicted molar refractivity (Wildman–Crippen MR) is 105 cm³/mol. The molecule has 0 saturated carbocycles. The fraction of sp³-hybridized carbons (Fsp3) is 0.100. The van der Waals surface area contributed by atoms with Gasteiger partial charge in [0.15, 0.2) is 0 Å². The number of nitrogens with two attached hydrogens (primary N) is 1. The van der Waals surface area contributed by atoms with Gasteiger partial charge in [0.05, 0.1) is 0 Å². The van der Waals surface area contributed by atoms with Gasteiger partial charge in [-0.25, -0.2) is 4.98 Å². The summed E-state index contributed by atoms with van der Waals surface area (Å²) in [4.78, 5) is 16.6. The van der Waals surface area contributed by atoms with Crippen molar-refractivity contribution < 1.29 is 12.3 Å². The fourth-order valence-corrected chi connectivity index (χ4v) is 2.32. The lowest BCUT2D eigenvalue weighted by Gasteiger charge is -2.09. The van der Waals surface area contributed by atoms with Crippen LogP contribution in [0.5, 0.6) is 11.6 Å². The summed E-state index contributed by atoms with van der Waals surface area (Å²) in [5.41, 5.74) is 7.49. The molecule has 0 unspecified atom stereocenters. The Bertz CT molecular complexity index is 963. The minimum absolute atomic E-state index is 0. The van der Waals surface area contributed by atoms with E-state index >= 15 is 0 Å². The number of nitrogens with one attached hydrogen (secondary N) is 1. The van der Waals surface area contributed by atoms with Crippen LogP contribution in [0.4, 0.5) is 5.69 Å². The Hall–Kier alpha value is -2.89. The van der Waals surface area contributed by atoms with E-state index in [2.05, 4.69) is 10.3 Å². The second-order valence-corrected chi connectivity index (χ2v) is 5.43. The van der Waals surface area contributed by atoms with Gasteiger partial charge in [-0.2, -0.15) is 0 Å². The standard InChI is InChI=1S/C20H19N3O2.ClH/c1-14-10-15(13-21)11-19(22-14)25-18-9-5-6-16(12-18)20(24)23-17-7-3-2-4-8-17;/h2-12H,13,21H2,1H3,(H,23,24);1H/i13D2;. The highest BCUT2D eigenvalue weighted by Gasteiger charge is 2.08. The van der Waals surface area contributed by atoms with Crippen LogP contribution in [0, 0.1) is 6.92 Å². The number of carbonyl (C=O) groups is 1. The fourth-order valence-electron chi connectivity index (χ4n) is 2.32. The molecule has 0 aliphatic carbocycles. The van der Waals surface area contributed by atoms with Crippen LogP contribution in [0.1, 0.15) is 24.4 Å². The second kappa shape index (κ2) is 8.99. The van der Waals surface area contributed by atoms with Gasteiger partial charge < -0.3 is 15.8 Å². The van der Waals surface area contributed by atoms with Crippen LogP contribution in [0.3, 0.4) is 0 Å². The predicted octanol–water partition coefficient (Wildman–Crippen LogP) is 4.32. The maximum atomic E-state index is 12.4. The second-order valence-electron chi connectivity index (χ2n) is 5.43. The largest absolute Gasteiger partial charge is 0.439 e. The first-order chi connectivity index (χ1) is 12.8. The van der Waals surface area contributed by atoms with Crippen LogP contribution in [-0.4, -0.2) is 10.9 Å². The van der Waals surface area contributed by atoms with Crippen molar-refractivity contribution in [1.82, 2.24) is 4.98 Å². The van der Waals surface area contributed by atoms with Crippen LogP contribution in [0.2, 0.25) is 0 Å². The Morgan fingerprint density at radius 1 is 1.15 bits per heavy atom. The summed E-state index contributed by atoms with van der Waals surface area (Å²) >= 11 is 0. The van der Waals surface area contributed by atoms with Gasteiger partial charge in [-0.15, -0.1) is 12.4 Å². The third-order valence-corrected chi connectivity index (χ3v) is 3.45. The van der Waals surface area contributed by atoms with Crippen LogP contribution in [-0.2, 0) is 6.50 Å². The van der Waals surface area contributed by atoms with Crippen LogP contribution >= 0.6 is 12.4 Å². The molecule has 1 heterocycles. The number of amides is 1. The van der Waals surface area contributed by atoms with Gasteiger partial charge in [-0.1, -0.05) is 24.3 Å². The molecule has 0 atom stereocenters. The molecular formula is C20H20ClN3O2. The summed E-state index contributed by atoms with van der Waals surface area (Å²) in [6.45, 7) is -0.269. The van der Waals surface area contributed by atoms with E-state index in [9.17, 15) is 4.79 Å². The smallest absolute Gasteiger partial charge is 0.255 e. The van der Waals surface area contributed by atoms with Gasteiger partial charge in [0, 0.05) is 32.2 Å². The number of hydrogen-bond acceptors (Lipinski definition) is 4. The Morgan fingerprint density at radius 2 is 1.92 bits per heavy atom. The van der Waals surface area contributed by atoms with Crippen molar-refractivity contribution in [2.24, 2.45) is 5.73 Å². The number of halogens is 1. The zero-order valence-corrected chi connectivity index (χ0v) is 14.9. The molecule has 1 aromatic heterocycles. The summed E-state index contributed by atoms with van der Waals surface area (Å²) in [6, 6.07) is 18.8. The molecule has 0 saturated heterocycles. The molecular weight excluding hydrogens is 350 g/mol. The third kappa shape index (κ3) is 5.05. The monoisotopic (exact) mass is 371 g/mol. The minimum Gasteiger partial charge on any atom is -0.439 e. The molecule has 0 aliphatic rings. The van der Waals surface area contributed by atoms with E-state index in [1.807, 2.05) is 18.2 Å². The lowest BCUT2D eigenvalue weighted by Crippen LogP contribution is -2.11. The van der Waals surface area contributed by atoms with Gasteiger partial charge >= 0.3 is 0 Å². The molecule has 3 aromatic rings. The first-order valence-electron chi connectivity index (χ1n) is 8.74. The number of carbonyl (C=O) groups excluding carboxylic acids is 1. The summed E-state index contributed by atoms with van der Waals surface area (Å²) in [5, 5.41) is 2.81. The Balaban J connectivity index is 0.00000280. The maximum absolute atomic E-state index is 12.4. The molecule has 0 fully saturated rings. The summed E-state index contributed by atoms with van der Waals surface area (Å²) < 4.78 is 21.0. The quantitative estimate of drug-likeness (QED) is 0.700. The molecule has 0 bridgehead atoms. The van der Waals surface area contributed by atoms with Gasteiger partial charge in [-0.3, -0.25) is 4.79 Å². The molecule has 1 amide bonds. The van der Waals surface area contributed by atoms with Crippen molar-refractivity contribution >= 4 is 24.0 Å². The van der Waals surface area contributed by atoms with Crippen LogP contribution in [0.25, 0.3) is 0 Å². The lowest BCUT2D eigenvalue weighted by molar-refractivity contribution is 0.102. The number of benzene rings is 2. The Morgan fingerprint density at radius 3 is 2.65 bits per heavy atom. The van der Waals surface area contributed by atoms with Crippen molar-refractivity contribution in [2.75, 3.05) is 5.32 Å². The van der Waals surface area contributed by atoms with Crippen LogP contribution < -0.4 is 15.8 Å². The molecule has 26 heavy (non-hydrogen) atoms. The highest BCUT2D eigenvalue weighted by Crippen LogP contribution is 2.22. The van der Waals surface area contributed by atoms with E-state index in [0.717, 1.165) is 0 Å². The van der Waals surface area contributed by atoms with Gasteiger partial charge in [-0.05, 0) is 48.9 Å². The number of ether oxygens (including phenoxy) is 1. The van der Waals surface area contributed by atoms with Gasteiger partial charge in [0.25, 0.3) is 5.91 Å². The number of aromatic nitrogens is 1. The van der Waals surface area contributed by atoms with Crippen molar-refractivity contribution in [1.29, 1.82) is 0 Å². The molecule has 134 valence electrons. The van der Waals surface area contributed by atoms with Crippen LogP contribution in [0.15, 0.2) is 66.7 Å². The average molecular weight is 372 g/mol. The molecule has 6 heteroatoms. The summed E-state index contributed by atoms with van der Waals surface area (Å²) in [5.74, 6) is 0.361. The van der Waals surface area contributed by atoms with E-state index < -0.39 is 6.50 Å². The van der Waals surface area contributed by atoms with Crippen molar-refractivity contribution in [2.45, 2.75) is 13.4 Å². The van der Waals surface area contributed by atoms with Crippen molar-refractivity contribution in [3.05, 3.63) is 83.6 Å².